The number of piperazine rings is 1. The Hall–Kier alpha value is -0.120. The van der Waals surface area contributed by atoms with Gasteiger partial charge in [0.15, 0.2) is 0 Å². The van der Waals surface area contributed by atoms with Crippen molar-refractivity contribution in [1.29, 1.82) is 0 Å². The van der Waals surface area contributed by atoms with Crippen molar-refractivity contribution in [3.63, 3.8) is 0 Å². The van der Waals surface area contributed by atoms with Gasteiger partial charge in [-0.05, 0) is 39.3 Å². The van der Waals surface area contributed by atoms with E-state index in [1.54, 1.807) is 0 Å². The van der Waals surface area contributed by atoms with Crippen LogP contribution in [0.5, 0.6) is 0 Å². The van der Waals surface area contributed by atoms with Crippen molar-refractivity contribution in [2.75, 3.05) is 33.7 Å². The number of aliphatic hydroxyl groups excluding tert-OH is 1. The van der Waals surface area contributed by atoms with Crippen LogP contribution in [0, 0.1) is 5.92 Å². The van der Waals surface area contributed by atoms with Gasteiger partial charge < -0.3 is 14.9 Å². The van der Waals surface area contributed by atoms with Gasteiger partial charge in [0.05, 0.1) is 6.10 Å². The lowest BCUT2D eigenvalue weighted by Crippen LogP contribution is -2.51. The minimum Gasteiger partial charge on any atom is -0.393 e. The summed E-state index contributed by atoms with van der Waals surface area (Å²) in [7, 11) is 4.38. The molecule has 1 aliphatic carbocycles. The topological polar surface area (TPSA) is 26.7 Å². The van der Waals surface area contributed by atoms with Gasteiger partial charge >= 0.3 is 0 Å². The molecule has 1 N–H and O–H groups in total. The van der Waals surface area contributed by atoms with Gasteiger partial charge in [0.25, 0.3) is 0 Å². The molecule has 2 rings (SSSR count). The largest absolute Gasteiger partial charge is 0.393 e. The molecular formula is C15H30N2O. The van der Waals surface area contributed by atoms with E-state index >= 15 is 0 Å². The summed E-state index contributed by atoms with van der Waals surface area (Å²) in [5, 5.41) is 10.2. The molecule has 0 spiro atoms. The molecule has 18 heavy (non-hydrogen) atoms. The molecule has 0 aromatic heterocycles. The van der Waals surface area contributed by atoms with Gasteiger partial charge in [0, 0.05) is 25.7 Å². The molecule has 2 aliphatic rings. The van der Waals surface area contributed by atoms with Crippen LogP contribution in [-0.4, -0.2) is 60.8 Å². The third kappa shape index (κ3) is 4.22. The van der Waals surface area contributed by atoms with E-state index in [9.17, 15) is 5.11 Å². The van der Waals surface area contributed by atoms with Crippen LogP contribution in [0.3, 0.4) is 0 Å². The molecule has 1 aliphatic heterocycles. The highest BCUT2D eigenvalue weighted by molar-refractivity contribution is 4.81. The highest BCUT2D eigenvalue weighted by Crippen LogP contribution is 2.29. The summed E-state index contributed by atoms with van der Waals surface area (Å²) in [5.74, 6) is 0.909. The fourth-order valence-electron chi connectivity index (χ4n) is 3.51. The molecule has 0 aromatic rings. The van der Waals surface area contributed by atoms with Gasteiger partial charge in [-0.2, -0.15) is 0 Å². The fraction of sp³-hybridized carbons (Fsp3) is 1.00. The third-order valence-corrected chi connectivity index (χ3v) is 4.91. The molecule has 0 bridgehead atoms. The predicted octanol–water partition coefficient (Wildman–Crippen LogP) is 1.95. The maximum absolute atomic E-state index is 10.2. The molecule has 0 amide bonds. The molecule has 0 aromatic carbocycles. The van der Waals surface area contributed by atoms with Gasteiger partial charge in [-0.3, -0.25) is 0 Å². The van der Waals surface area contributed by atoms with E-state index in [1.165, 1.54) is 32.1 Å². The van der Waals surface area contributed by atoms with Crippen LogP contribution in [0.1, 0.15) is 44.9 Å². The number of hydrogen-bond donors (Lipinski definition) is 1. The van der Waals surface area contributed by atoms with Crippen molar-refractivity contribution < 1.29 is 5.11 Å². The average molecular weight is 254 g/mol. The lowest BCUT2D eigenvalue weighted by Gasteiger charge is -2.38. The zero-order valence-electron chi connectivity index (χ0n) is 12.1. The lowest BCUT2D eigenvalue weighted by atomic mass is 9.96. The van der Waals surface area contributed by atoms with Gasteiger partial charge in [0.1, 0.15) is 0 Å². The summed E-state index contributed by atoms with van der Waals surface area (Å²) in [5.41, 5.74) is 0. The normalized spacial score (nSPS) is 29.8. The molecule has 2 atom stereocenters. The Balaban J connectivity index is 1.67. The second kappa shape index (κ2) is 6.88. The third-order valence-electron chi connectivity index (χ3n) is 4.91. The highest BCUT2D eigenvalue weighted by atomic mass is 16.3. The Morgan fingerprint density at radius 1 is 1.17 bits per heavy atom. The van der Waals surface area contributed by atoms with Crippen LogP contribution in [0.15, 0.2) is 0 Å². The van der Waals surface area contributed by atoms with Crippen molar-refractivity contribution in [2.45, 2.75) is 57.1 Å². The van der Waals surface area contributed by atoms with Crippen LogP contribution >= 0.6 is 0 Å². The average Bonchev–Trinajstić information content (AvgIpc) is 2.84. The van der Waals surface area contributed by atoms with Crippen molar-refractivity contribution in [2.24, 2.45) is 5.92 Å². The summed E-state index contributed by atoms with van der Waals surface area (Å²) in [6, 6.07) is 0.544. The first-order valence-corrected chi connectivity index (χ1v) is 7.72. The van der Waals surface area contributed by atoms with E-state index in [2.05, 4.69) is 23.9 Å². The summed E-state index contributed by atoms with van der Waals surface area (Å²) < 4.78 is 0. The quantitative estimate of drug-likeness (QED) is 0.812. The minimum absolute atomic E-state index is 0.0930. The maximum atomic E-state index is 10.2. The first-order chi connectivity index (χ1) is 8.65. The summed E-state index contributed by atoms with van der Waals surface area (Å²) >= 11 is 0. The minimum atomic E-state index is -0.0930. The zero-order valence-corrected chi connectivity index (χ0v) is 12.1. The first-order valence-electron chi connectivity index (χ1n) is 7.72. The molecular weight excluding hydrogens is 224 g/mol. The van der Waals surface area contributed by atoms with Crippen molar-refractivity contribution in [1.82, 2.24) is 9.80 Å². The predicted molar refractivity (Wildman–Crippen MR) is 75.7 cm³/mol. The van der Waals surface area contributed by atoms with Gasteiger partial charge in [-0.15, -0.1) is 0 Å². The van der Waals surface area contributed by atoms with Gasteiger partial charge in [-0.1, -0.05) is 25.7 Å². The van der Waals surface area contributed by atoms with E-state index < -0.39 is 0 Å². The first kappa shape index (κ1) is 14.3. The molecule has 1 saturated carbocycles. The summed E-state index contributed by atoms with van der Waals surface area (Å²) in [4.78, 5) is 4.80. The van der Waals surface area contributed by atoms with E-state index in [1.807, 2.05) is 0 Å². The van der Waals surface area contributed by atoms with Crippen LogP contribution in [-0.2, 0) is 0 Å². The fourth-order valence-corrected chi connectivity index (χ4v) is 3.51. The molecule has 1 saturated heterocycles. The van der Waals surface area contributed by atoms with Crippen molar-refractivity contribution in [3.8, 4) is 0 Å². The Kier molecular flexibility index (Phi) is 5.46. The molecule has 3 nitrogen and oxygen atoms in total. The molecule has 106 valence electrons. The zero-order chi connectivity index (χ0) is 13.0. The van der Waals surface area contributed by atoms with E-state index in [0.29, 0.717) is 6.04 Å². The van der Waals surface area contributed by atoms with Gasteiger partial charge in [-0.25, -0.2) is 0 Å². The monoisotopic (exact) mass is 254 g/mol. The Morgan fingerprint density at radius 2 is 1.89 bits per heavy atom. The SMILES string of the molecule is CN1CCN(C)C(CC(O)CCC2CCCC2)C1. The van der Waals surface area contributed by atoms with E-state index in [4.69, 9.17) is 0 Å². The van der Waals surface area contributed by atoms with Crippen LogP contribution in [0.25, 0.3) is 0 Å². The van der Waals surface area contributed by atoms with Crippen molar-refractivity contribution in [3.05, 3.63) is 0 Å². The Labute approximate surface area is 112 Å². The Bertz CT molecular complexity index is 241. The maximum Gasteiger partial charge on any atom is 0.0555 e. The number of hydrogen-bond acceptors (Lipinski definition) is 3. The molecule has 2 unspecified atom stereocenters. The van der Waals surface area contributed by atoms with Crippen LogP contribution in [0.4, 0.5) is 0 Å². The summed E-state index contributed by atoms with van der Waals surface area (Å²) in [6.07, 6.45) is 8.75. The smallest absolute Gasteiger partial charge is 0.0555 e. The molecule has 3 heteroatoms. The summed E-state index contributed by atoms with van der Waals surface area (Å²) in [6.45, 7) is 3.40. The second-order valence-electron chi connectivity index (χ2n) is 6.51. The number of aliphatic hydroxyl groups is 1. The number of rotatable bonds is 5. The molecule has 0 radical (unpaired) electrons. The number of likely N-dealkylation sites (N-methyl/N-ethyl adjacent to an activating group) is 2. The van der Waals surface area contributed by atoms with Crippen LogP contribution < -0.4 is 0 Å². The van der Waals surface area contributed by atoms with E-state index in [-0.39, 0.29) is 6.10 Å². The highest BCUT2D eigenvalue weighted by Gasteiger charge is 2.25. The Morgan fingerprint density at radius 3 is 2.61 bits per heavy atom. The van der Waals surface area contributed by atoms with E-state index in [0.717, 1.165) is 38.4 Å². The molecule has 2 fully saturated rings. The van der Waals surface area contributed by atoms with Gasteiger partial charge in [0.2, 0.25) is 0 Å². The number of nitrogens with zero attached hydrogens (tertiary/aromatic N) is 2. The standard InChI is InChI=1S/C15H30N2O/c1-16-9-10-17(2)14(12-16)11-15(18)8-7-13-5-3-4-6-13/h13-15,18H,3-12H2,1-2H3. The van der Waals surface area contributed by atoms with Crippen LogP contribution in [0.2, 0.25) is 0 Å². The molecule has 1 heterocycles. The second-order valence-corrected chi connectivity index (χ2v) is 6.51. The lowest BCUT2D eigenvalue weighted by molar-refractivity contribution is 0.0579. The van der Waals surface area contributed by atoms with Crippen molar-refractivity contribution >= 4 is 0 Å².